The number of nitrogens with one attached hydrogen (secondary N) is 1. The van der Waals surface area contributed by atoms with E-state index < -0.39 is 0 Å². The Morgan fingerprint density at radius 3 is 2.47 bits per heavy atom. The molecule has 0 aromatic carbocycles. The Bertz CT molecular complexity index is 480. The van der Waals surface area contributed by atoms with E-state index in [9.17, 15) is 9.59 Å². The predicted molar refractivity (Wildman–Crippen MR) is 68.4 cm³/mol. The lowest BCUT2D eigenvalue weighted by molar-refractivity contribution is 0.404. The molecule has 0 fully saturated rings. The van der Waals surface area contributed by atoms with Gasteiger partial charge in [0.2, 0.25) is 0 Å². The van der Waals surface area contributed by atoms with Gasteiger partial charge in [0.25, 0.3) is 5.56 Å². The second kappa shape index (κ2) is 5.31. The van der Waals surface area contributed by atoms with Gasteiger partial charge in [-0.2, -0.15) is 0 Å². The molecule has 0 saturated carbocycles. The molecule has 0 aliphatic rings. The van der Waals surface area contributed by atoms with Gasteiger partial charge in [-0.1, -0.05) is 0 Å². The van der Waals surface area contributed by atoms with Crippen LogP contribution in [-0.2, 0) is 13.1 Å². The molecule has 5 heteroatoms. The third-order valence-electron chi connectivity index (χ3n) is 2.47. The molecule has 0 aliphatic carbocycles. The van der Waals surface area contributed by atoms with Gasteiger partial charge in [0.15, 0.2) is 0 Å². The Hall–Kier alpha value is -1.36. The third-order valence-corrected chi connectivity index (χ3v) is 2.47. The van der Waals surface area contributed by atoms with E-state index in [1.165, 1.54) is 15.2 Å². The summed E-state index contributed by atoms with van der Waals surface area (Å²) in [6, 6.07) is 1.43. The molecule has 1 heterocycles. The van der Waals surface area contributed by atoms with E-state index in [0.717, 1.165) is 0 Å². The summed E-state index contributed by atoms with van der Waals surface area (Å²) in [6.07, 6.45) is 1.54. The minimum atomic E-state index is -0.240. The smallest absolute Gasteiger partial charge is 0.310 e. The molecule has 5 nitrogen and oxygen atoms in total. The highest BCUT2D eigenvalue weighted by atomic mass is 16.2. The van der Waals surface area contributed by atoms with Crippen molar-refractivity contribution in [3.05, 3.63) is 33.1 Å². The number of rotatable bonds is 4. The van der Waals surface area contributed by atoms with Crippen LogP contribution in [0.25, 0.3) is 0 Å². The van der Waals surface area contributed by atoms with Crippen molar-refractivity contribution < 1.29 is 0 Å². The highest BCUT2D eigenvalue weighted by Gasteiger charge is 2.09. The van der Waals surface area contributed by atoms with Crippen molar-refractivity contribution in [1.82, 2.24) is 14.5 Å². The summed E-state index contributed by atoms with van der Waals surface area (Å²) in [5.41, 5.74) is -0.492. The zero-order valence-electron chi connectivity index (χ0n) is 11.0. The van der Waals surface area contributed by atoms with Crippen LogP contribution >= 0.6 is 0 Å². The van der Waals surface area contributed by atoms with Gasteiger partial charge < -0.3 is 9.88 Å². The minimum absolute atomic E-state index is 0.0117. The summed E-state index contributed by atoms with van der Waals surface area (Å²) < 4.78 is 2.79. The maximum atomic E-state index is 11.9. The fraction of sp³-hybridized carbons (Fsp3) is 0.667. The number of hydrogen-bond donors (Lipinski definition) is 1. The summed E-state index contributed by atoms with van der Waals surface area (Å²) in [5.74, 6) is 0. The summed E-state index contributed by atoms with van der Waals surface area (Å²) in [4.78, 5) is 23.5. The molecule has 0 atom stereocenters. The highest BCUT2D eigenvalue weighted by Crippen LogP contribution is 1.96. The van der Waals surface area contributed by atoms with Gasteiger partial charge in [-0.25, -0.2) is 4.79 Å². The van der Waals surface area contributed by atoms with Gasteiger partial charge in [-0.15, -0.1) is 0 Å². The molecular formula is C12H21N3O2. The van der Waals surface area contributed by atoms with E-state index in [0.29, 0.717) is 19.6 Å². The first-order valence-corrected chi connectivity index (χ1v) is 5.90. The Balaban J connectivity index is 2.84. The molecule has 0 bridgehead atoms. The van der Waals surface area contributed by atoms with Crippen LogP contribution in [0.2, 0.25) is 0 Å². The standard InChI is InChI=1S/C12H21N3O2/c1-5-14-8-6-10(16)15(11(14)17)9-7-13-12(2,3)4/h6,8,13H,5,7,9H2,1-4H3. The highest BCUT2D eigenvalue weighted by molar-refractivity contribution is 4.86. The SMILES string of the molecule is CCn1ccc(=O)n(CCNC(C)(C)C)c1=O. The fourth-order valence-electron chi connectivity index (χ4n) is 1.55. The normalized spacial score (nSPS) is 11.8. The van der Waals surface area contributed by atoms with Crippen molar-refractivity contribution in [3.8, 4) is 0 Å². The van der Waals surface area contributed by atoms with Crippen LogP contribution < -0.4 is 16.6 Å². The lowest BCUT2D eigenvalue weighted by Crippen LogP contribution is -2.44. The van der Waals surface area contributed by atoms with E-state index in [1.54, 1.807) is 6.20 Å². The van der Waals surface area contributed by atoms with Crippen molar-refractivity contribution in [2.75, 3.05) is 6.54 Å². The van der Waals surface area contributed by atoms with E-state index >= 15 is 0 Å². The monoisotopic (exact) mass is 239 g/mol. The quantitative estimate of drug-likeness (QED) is 0.828. The summed E-state index contributed by atoms with van der Waals surface area (Å²) >= 11 is 0. The topological polar surface area (TPSA) is 56.0 Å². The maximum Gasteiger partial charge on any atom is 0.330 e. The first-order valence-electron chi connectivity index (χ1n) is 5.90. The summed E-state index contributed by atoms with van der Waals surface area (Å²) in [5, 5.41) is 3.25. The lowest BCUT2D eigenvalue weighted by Gasteiger charge is -2.20. The van der Waals surface area contributed by atoms with Gasteiger partial charge in [-0.05, 0) is 27.7 Å². The van der Waals surface area contributed by atoms with E-state index in [-0.39, 0.29) is 16.8 Å². The predicted octanol–water partition coefficient (Wildman–Crippen LogP) is 0.418. The van der Waals surface area contributed by atoms with Crippen molar-refractivity contribution in [2.24, 2.45) is 0 Å². The molecule has 96 valence electrons. The van der Waals surface area contributed by atoms with Gasteiger partial charge >= 0.3 is 5.69 Å². The molecule has 0 radical (unpaired) electrons. The number of aryl methyl sites for hydroxylation is 1. The Morgan fingerprint density at radius 1 is 1.29 bits per heavy atom. The number of aromatic nitrogens is 2. The van der Waals surface area contributed by atoms with Crippen LogP contribution in [0.3, 0.4) is 0 Å². The zero-order valence-corrected chi connectivity index (χ0v) is 11.0. The van der Waals surface area contributed by atoms with Crippen molar-refractivity contribution in [2.45, 2.75) is 46.3 Å². The van der Waals surface area contributed by atoms with Gasteiger partial charge in [0.1, 0.15) is 0 Å². The second-order valence-electron chi connectivity index (χ2n) is 5.05. The lowest BCUT2D eigenvalue weighted by atomic mass is 10.1. The average molecular weight is 239 g/mol. The molecule has 0 unspecified atom stereocenters. The molecular weight excluding hydrogens is 218 g/mol. The molecule has 0 amide bonds. The summed E-state index contributed by atoms with van der Waals surface area (Å²) in [7, 11) is 0. The largest absolute Gasteiger partial charge is 0.330 e. The number of nitrogens with zero attached hydrogens (tertiary/aromatic N) is 2. The Labute approximate surface area is 101 Å². The second-order valence-corrected chi connectivity index (χ2v) is 5.05. The van der Waals surface area contributed by atoms with Crippen LogP contribution in [0, 0.1) is 0 Å². The Morgan fingerprint density at radius 2 is 1.94 bits per heavy atom. The van der Waals surface area contributed by atoms with E-state index in [1.807, 2.05) is 27.7 Å². The van der Waals surface area contributed by atoms with Gasteiger partial charge in [-0.3, -0.25) is 9.36 Å². The summed E-state index contributed by atoms with van der Waals surface area (Å²) in [6.45, 7) is 9.60. The molecule has 17 heavy (non-hydrogen) atoms. The van der Waals surface area contributed by atoms with E-state index in [4.69, 9.17) is 0 Å². The third kappa shape index (κ3) is 3.85. The van der Waals surface area contributed by atoms with Gasteiger partial charge in [0, 0.05) is 37.4 Å². The Kier molecular flexibility index (Phi) is 4.28. The molecule has 1 aromatic rings. The van der Waals surface area contributed by atoms with Crippen molar-refractivity contribution in [1.29, 1.82) is 0 Å². The molecule has 0 spiro atoms. The minimum Gasteiger partial charge on any atom is -0.310 e. The number of hydrogen-bond acceptors (Lipinski definition) is 3. The van der Waals surface area contributed by atoms with Crippen molar-refractivity contribution in [3.63, 3.8) is 0 Å². The van der Waals surface area contributed by atoms with Crippen LogP contribution in [0.4, 0.5) is 0 Å². The van der Waals surface area contributed by atoms with Crippen molar-refractivity contribution >= 4 is 0 Å². The van der Waals surface area contributed by atoms with Crippen LogP contribution in [0.5, 0.6) is 0 Å². The fourth-order valence-corrected chi connectivity index (χ4v) is 1.55. The molecule has 1 N–H and O–H groups in total. The van der Waals surface area contributed by atoms with Crippen LogP contribution in [-0.4, -0.2) is 21.2 Å². The van der Waals surface area contributed by atoms with E-state index in [2.05, 4.69) is 5.32 Å². The maximum absolute atomic E-state index is 11.9. The molecule has 0 saturated heterocycles. The first-order chi connectivity index (χ1) is 7.85. The van der Waals surface area contributed by atoms with Gasteiger partial charge in [0.05, 0.1) is 0 Å². The zero-order chi connectivity index (χ0) is 13.1. The van der Waals surface area contributed by atoms with Crippen LogP contribution in [0.15, 0.2) is 21.9 Å². The van der Waals surface area contributed by atoms with Crippen LogP contribution in [0.1, 0.15) is 27.7 Å². The average Bonchev–Trinajstić information content (AvgIpc) is 2.21. The molecule has 1 aromatic heterocycles. The molecule has 1 rings (SSSR count). The molecule has 0 aliphatic heterocycles. The first kappa shape index (κ1) is 13.7.